The fourth-order valence-corrected chi connectivity index (χ4v) is 2.34. The Labute approximate surface area is 90.1 Å². The maximum atomic E-state index is 5.52. The zero-order valence-electron chi connectivity index (χ0n) is 9.40. The van der Waals surface area contributed by atoms with Crippen LogP contribution in [0.3, 0.4) is 0 Å². The van der Waals surface area contributed by atoms with Gasteiger partial charge in [0.05, 0.1) is 0 Å². The van der Waals surface area contributed by atoms with Gasteiger partial charge in [0.25, 0.3) is 0 Å². The molecule has 15 heavy (non-hydrogen) atoms. The third-order valence-electron chi connectivity index (χ3n) is 3.26. The van der Waals surface area contributed by atoms with Crippen molar-refractivity contribution in [2.75, 3.05) is 17.7 Å². The van der Waals surface area contributed by atoms with Crippen molar-refractivity contribution in [3.8, 4) is 0 Å². The number of aromatic nitrogens is 3. The predicted molar refractivity (Wildman–Crippen MR) is 60.6 cm³/mol. The molecule has 0 radical (unpaired) electrons. The van der Waals surface area contributed by atoms with E-state index in [1.165, 1.54) is 25.7 Å². The van der Waals surface area contributed by atoms with Crippen LogP contribution in [0.5, 0.6) is 0 Å². The first-order valence-electron chi connectivity index (χ1n) is 5.57. The fourth-order valence-electron chi connectivity index (χ4n) is 2.34. The Bertz CT molecular complexity index is 321. The fraction of sp³-hybridized carbons (Fsp3) is 0.800. The molecule has 2 atom stereocenters. The van der Waals surface area contributed by atoms with E-state index in [2.05, 4.69) is 27.0 Å². The summed E-state index contributed by atoms with van der Waals surface area (Å²) in [6.45, 7) is 2.31. The molecule has 2 rings (SSSR count). The van der Waals surface area contributed by atoms with E-state index in [9.17, 15) is 0 Å². The Morgan fingerprint density at radius 2 is 2.27 bits per heavy atom. The summed E-state index contributed by atoms with van der Waals surface area (Å²) in [6, 6.07) is 0.559. The van der Waals surface area contributed by atoms with Gasteiger partial charge in [0, 0.05) is 13.1 Å². The molecule has 1 heterocycles. The highest BCUT2D eigenvalue weighted by Crippen LogP contribution is 2.28. The SMILES string of the molecule is CC1CCCC(N(C)c2n[nH]c(N)n2)C1. The summed E-state index contributed by atoms with van der Waals surface area (Å²) in [5.41, 5.74) is 5.52. The van der Waals surface area contributed by atoms with Crippen molar-refractivity contribution < 1.29 is 0 Å². The Morgan fingerprint density at radius 3 is 2.87 bits per heavy atom. The van der Waals surface area contributed by atoms with Crippen molar-refractivity contribution in [3.05, 3.63) is 0 Å². The van der Waals surface area contributed by atoms with Crippen LogP contribution in [-0.4, -0.2) is 28.3 Å². The molecule has 0 saturated heterocycles. The number of nitrogens with two attached hydrogens (primary N) is 1. The van der Waals surface area contributed by atoms with Crippen LogP contribution in [0.25, 0.3) is 0 Å². The minimum atomic E-state index is 0.390. The first kappa shape index (κ1) is 10.3. The van der Waals surface area contributed by atoms with E-state index in [-0.39, 0.29) is 0 Å². The van der Waals surface area contributed by atoms with E-state index in [0.717, 1.165) is 5.92 Å². The molecule has 2 unspecified atom stereocenters. The smallest absolute Gasteiger partial charge is 0.246 e. The van der Waals surface area contributed by atoms with E-state index in [0.29, 0.717) is 17.9 Å². The molecule has 1 aromatic rings. The Hall–Kier alpha value is -1.26. The Morgan fingerprint density at radius 1 is 1.47 bits per heavy atom. The minimum Gasteiger partial charge on any atom is -0.368 e. The van der Waals surface area contributed by atoms with E-state index in [4.69, 9.17) is 5.73 Å². The van der Waals surface area contributed by atoms with Crippen LogP contribution >= 0.6 is 0 Å². The molecule has 1 aromatic heterocycles. The van der Waals surface area contributed by atoms with Crippen LogP contribution in [0.1, 0.15) is 32.6 Å². The van der Waals surface area contributed by atoms with Gasteiger partial charge in [-0.1, -0.05) is 19.8 Å². The molecule has 3 N–H and O–H groups in total. The van der Waals surface area contributed by atoms with Gasteiger partial charge in [0.1, 0.15) is 0 Å². The lowest BCUT2D eigenvalue weighted by Crippen LogP contribution is -2.36. The average molecular weight is 209 g/mol. The molecule has 0 bridgehead atoms. The lowest BCUT2D eigenvalue weighted by molar-refractivity contribution is 0.334. The van der Waals surface area contributed by atoms with Crippen molar-refractivity contribution in [3.63, 3.8) is 0 Å². The Balaban J connectivity index is 2.03. The van der Waals surface area contributed by atoms with Crippen molar-refractivity contribution in [1.29, 1.82) is 0 Å². The predicted octanol–water partition coefficient (Wildman–Crippen LogP) is 1.40. The van der Waals surface area contributed by atoms with Crippen LogP contribution in [0.15, 0.2) is 0 Å². The molecule has 0 spiro atoms. The third-order valence-corrected chi connectivity index (χ3v) is 3.26. The second kappa shape index (κ2) is 4.08. The van der Waals surface area contributed by atoms with E-state index < -0.39 is 0 Å². The summed E-state index contributed by atoms with van der Waals surface area (Å²) in [7, 11) is 2.05. The van der Waals surface area contributed by atoms with Gasteiger partial charge in [-0.3, -0.25) is 0 Å². The first-order chi connectivity index (χ1) is 7.16. The topological polar surface area (TPSA) is 70.8 Å². The zero-order chi connectivity index (χ0) is 10.8. The number of hydrogen-bond donors (Lipinski definition) is 2. The number of hydrogen-bond acceptors (Lipinski definition) is 4. The molecule has 84 valence electrons. The number of anilines is 2. The van der Waals surface area contributed by atoms with Gasteiger partial charge in [-0.15, -0.1) is 5.10 Å². The summed E-state index contributed by atoms with van der Waals surface area (Å²) < 4.78 is 0. The molecule has 5 heteroatoms. The second-order valence-electron chi connectivity index (χ2n) is 4.56. The van der Waals surface area contributed by atoms with Gasteiger partial charge in [0.15, 0.2) is 0 Å². The molecule has 1 saturated carbocycles. The molecule has 1 fully saturated rings. The van der Waals surface area contributed by atoms with Gasteiger partial charge in [0.2, 0.25) is 11.9 Å². The zero-order valence-corrected chi connectivity index (χ0v) is 9.40. The number of aromatic amines is 1. The maximum absolute atomic E-state index is 5.52. The second-order valence-corrected chi connectivity index (χ2v) is 4.56. The normalized spacial score (nSPS) is 26.5. The lowest BCUT2D eigenvalue weighted by atomic mass is 9.86. The van der Waals surface area contributed by atoms with Gasteiger partial charge >= 0.3 is 0 Å². The molecular formula is C10H19N5. The van der Waals surface area contributed by atoms with Crippen molar-refractivity contribution in [2.45, 2.75) is 38.6 Å². The molecule has 0 aromatic carbocycles. The maximum Gasteiger partial charge on any atom is 0.246 e. The molecule has 0 aliphatic heterocycles. The number of rotatable bonds is 2. The summed E-state index contributed by atoms with van der Waals surface area (Å²) >= 11 is 0. The van der Waals surface area contributed by atoms with Crippen LogP contribution < -0.4 is 10.6 Å². The van der Waals surface area contributed by atoms with Crippen LogP contribution in [0.2, 0.25) is 0 Å². The lowest BCUT2D eigenvalue weighted by Gasteiger charge is -2.33. The summed E-state index contributed by atoms with van der Waals surface area (Å²) in [6.07, 6.45) is 5.11. The molecule has 1 aliphatic carbocycles. The van der Waals surface area contributed by atoms with Crippen LogP contribution in [0, 0.1) is 5.92 Å². The van der Waals surface area contributed by atoms with Crippen molar-refractivity contribution in [1.82, 2.24) is 15.2 Å². The quantitative estimate of drug-likeness (QED) is 0.772. The summed E-state index contributed by atoms with van der Waals surface area (Å²) in [5.74, 6) is 1.91. The summed E-state index contributed by atoms with van der Waals surface area (Å²) in [4.78, 5) is 6.29. The van der Waals surface area contributed by atoms with E-state index in [1.807, 2.05) is 7.05 Å². The third kappa shape index (κ3) is 2.22. The standard InChI is InChI=1S/C10H19N5/c1-7-4-3-5-8(6-7)15(2)10-12-9(11)13-14-10/h7-8H,3-6H2,1-2H3,(H3,11,12,13,14). The van der Waals surface area contributed by atoms with Crippen LogP contribution in [-0.2, 0) is 0 Å². The number of nitrogens with one attached hydrogen (secondary N) is 1. The van der Waals surface area contributed by atoms with Gasteiger partial charge in [-0.05, 0) is 18.8 Å². The number of H-pyrrole nitrogens is 1. The minimum absolute atomic E-state index is 0.390. The number of nitrogen functional groups attached to an aromatic ring is 1. The van der Waals surface area contributed by atoms with Crippen LogP contribution in [0.4, 0.5) is 11.9 Å². The first-order valence-corrected chi connectivity index (χ1v) is 5.57. The molecule has 1 aliphatic rings. The van der Waals surface area contributed by atoms with Crippen molar-refractivity contribution >= 4 is 11.9 Å². The molecular weight excluding hydrogens is 190 g/mol. The average Bonchev–Trinajstić information content (AvgIpc) is 2.64. The highest BCUT2D eigenvalue weighted by molar-refractivity contribution is 5.34. The van der Waals surface area contributed by atoms with Crippen molar-refractivity contribution in [2.24, 2.45) is 5.92 Å². The Kier molecular flexibility index (Phi) is 2.79. The molecule has 5 nitrogen and oxygen atoms in total. The van der Waals surface area contributed by atoms with Gasteiger partial charge in [-0.25, -0.2) is 5.10 Å². The van der Waals surface area contributed by atoms with Gasteiger partial charge < -0.3 is 10.6 Å². The monoisotopic (exact) mass is 209 g/mol. The van der Waals surface area contributed by atoms with E-state index in [1.54, 1.807) is 0 Å². The van der Waals surface area contributed by atoms with Gasteiger partial charge in [-0.2, -0.15) is 4.98 Å². The highest BCUT2D eigenvalue weighted by Gasteiger charge is 2.24. The number of nitrogens with zero attached hydrogens (tertiary/aromatic N) is 3. The molecule has 0 amide bonds. The largest absolute Gasteiger partial charge is 0.368 e. The summed E-state index contributed by atoms with van der Waals surface area (Å²) in [5, 5.41) is 6.76. The highest BCUT2D eigenvalue weighted by atomic mass is 15.4. The van der Waals surface area contributed by atoms with E-state index >= 15 is 0 Å².